The monoisotopic (exact) mass is 260 g/mol. The largest absolute Gasteiger partial charge is 0.493 e. The third-order valence-electron chi connectivity index (χ3n) is 2.84. The second kappa shape index (κ2) is 5.52. The first-order valence-corrected chi connectivity index (χ1v) is 5.67. The first-order valence-electron chi connectivity index (χ1n) is 5.67. The summed E-state index contributed by atoms with van der Waals surface area (Å²) in [5.41, 5.74) is 1.49. The van der Waals surface area contributed by atoms with Gasteiger partial charge in [-0.05, 0) is 29.8 Å². The van der Waals surface area contributed by atoms with Gasteiger partial charge in [0.25, 0.3) is 0 Å². The van der Waals surface area contributed by atoms with E-state index in [0.717, 1.165) is 0 Å². The van der Waals surface area contributed by atoms with Crippen LogP contribution in [0, 0.1) is 5.82 Å². The quantitative estimate of drug-likeness (QED) is 0.791. The van der Waals surface area contributed by atoms with Gasteiger partial charge in [0.2, 0.25) is 0 Å². The van der Waals surface area contributed by atoms with Gasteiger partial charge in [0, 0.05) is 11.1 Å². The number of benzene rings is 2. The zero-order valence-corrected chi connectivity index (χ0v) is 10.6. The number of aldehydes is 1. The molecule has 0 fully saturated rings. The van der Waals surface area contributed by atoms with E-state index in [-0.39, 0.29) is 0 Å². The molecule has 0 aromatic heterocycles. The van der Waals surface area contributed by atoms with Crippen molar-refractivity contribution in [1.82, 2.24) is 0 Å². The number of carbonyl (C=O) groups excluding carboxylic acids is 1. The fourth-order valence-electron chi connectivity index (χ4n) is 1.96. The van der Waals surface area contributed by atoms with Gasteiger partial charge in [0.1, 0.15) is 5.82 Å². The number of hydrogen-bond acceptors (Lipinski definition) is 3. The minimum Gasteiger partial charge on any atom is -0.493 e. The summed E-state index contributed by atoms with van der Waals surface area (Å²) >= 11 is 0. The van der Waals surface area contributed by atoms with Crippen molar-refractivity contribution in [2.45, 2.75) is 0 Å². The molecule has 2 aromatic rings. The van der Waals surface area contributed by atoms with Crippen molar-refractivity contribution in [3.63, 3.8) is 0 Å². The number of ether oxygens (including phenoxy) is 2. The maximum atomic E-state index is 13.4. The van der Waals surface area contributed by atoms with Crippen LogP contribution < -0.4 is 9.47 Å². The maximum absolute atomic E-state index is 13.4. The summed E-state index contributed by atoms with van der Waals surface area (Å²) in [4.78, 5) is 11.1. The van der Waals surface area contributed by atoms with Gasteiger partial charge in [0.05, 0.1) is 14.2 Å². The second-order valence-electron chi connectivity index (χ2n) is 3.89. The standard InChI is InChI=1S/C15H13FO3/c1-18-14-5-3-4-12(15(14)19-2)13-8-11(16)7-6-10(13)9-17/h3-9H,1-2H3. The molecule has 0 spiro atoms. The first-order chi connectivity index (χ1) is 9.21. The Hall–Kier alpha value is -2.36. The van der Waals surface area contributed by atoms with Gasteiger partial charge in [0.15, 0.2) is 17.8 Å². The normalized spacial score (nSPS) is 10.1. The summed E-state index contributed by atoms with van der Waals surface area (Å²) in [5.74, 6) is 0.588. The van der Waals surface area contributed by atoms with E-state index in [1.54, 1.807) is 18.2 Å². The molecule has 98 valence electrons. The lowest BCUT2D eigenvalue weighted by Gasteiger charge is -2.13. The first kappa shape index (κ1) is 13.1. The van der Waals surface area contributed by atoms with Gasteiger partial charge in [-0.3, -0.25) is 4.79 Å². The van der Waals surface area contributed by atoms with Crippen LogP contribution in [-0.2, 0) is 0 Å². The van der Waals surface area contributed by atoms with Crippen LogP contribution >= 0.6 is 0 Å². The van der Waals surface area contributed by atoms with Gasteiger partial charge >= 0.3 is 0 Å². The van der Waals surface area contributed by atoms with Gasteiger partial charge < -0.3 is 9.47 Å². The molecule has 0 saturated heterocycles. The smallest absolute Gasteiger partial charge is 0.168 e. The van der Waals surface area contributed by atoms with E-state index in [2.05, 4.69) is 0 Å². The number of hydrogen-bond donors (Lipinski definition) is 0. The Kier molecular flexibility index (Phi) is 3.80. The van der Waals surface area contributed by atoms with Crippen LogP contribution in [0.2, 0.25) is 0 Å². The van der Waals surface area contributed by atoms with Crippen molar-refractivity contribution in [3.8, 4) is 22.6 Å². The summed E-state index contributed by atoms with van der Waals surface area (Å²) in [6, 6.07) is 9.25. The van der Waals surface area contributed by atoms with Crippen LogP contribution in [0.5, 0.6) is 11.5 Å². The molecule has 2 aromatic carbocycles. The highest BCUT2D eigenvalue weighted by Gasteiger charge is 2.14. The van der Waals surface area contributed by atoms with Crippen molar-refractivity contribution in [2.24, 2.45) is 0 Å². The molecular formula is C15H13FO3. The average Bonchev–Trinajstić information content (AvgIpc) is 2.46. The Labute approximate surface area is 110 Å². The molecule has 0 amide bonds. The van der Waals surface area contributed by atoms with Gasteiger partial charge in [-0.1, -0.05) is 12.1 Å². The van der Waals surface area contributed by atoms with Crippen LogP contribution in [0.3, 0.4) is 0 Å². The van der Waals surface area contributed by atoms with E-state index >= 15 is 0 Å². The van der Waals surface area contributed by atoms with Gasteiger partial charge in [-0.15, -0.1) is 0 Å². The molecular weight excluding hydrogens is 247 g/mol. The average molecular weight is 260 g/mol. The third-order valence-corrected chi connectivity index (χ3v) is 2.84. The summed E-state index contributed by atoms with van der Waals surface area (Å²) < 4.78 is 23.9. The maximum Gasteiger partial charge on any atom is 0.168 e. The topological polar surface area (TPSA) is 35.5 Å². The fraction of sp³-hybridized carbons (Fsp3) is 0.133. The summed E-state index contributed by atoms with van der Waals surface area (Å²) in [5, 5.41) is 0. The highest BCUT2D eigenvalue weighted by Crippen LogP contribution is 2.39. The Morgan fingerprint density at radius 2 is 1.84 bits per heavy atom. The van der Waals surface area contributed by atoms with Crippen LogP contribution in [0.1, 0.15) is 10.4 Å². The van der Waals surface area contributed by atoms with E-state index < -0.39 is 5.82 Å². The highest BCUT2D eigenvalue weighted by molar-refractivity contribution is 5.90. The van der Waals surface area contributed by atoms with Crippen LogP contribution in [0.4, 0.5) is 4.39 Å². The predicted octanol–water partition coefficient (Wildman–Crippen LogP) is 3.32. The third kappa shape index (κ3) is 2.42. The molecule has 0 bridgehead atoms. The summed E-state index contributed by atoms with van der Waals surface area (Å²) in [6.07, 6.45) is 0.688. The number of methoxy groups -OCH3 is 2. The van der Waals surface area contributed by atoms with Crippen molar-refractivity contribution in [3.05, 3.63) is 47.8 Å². The lowest BCUT2D eigenvalue weighted by atomic mass is 9.99. The Balaban J connectivity index is 2.71. The molecule has 0 aliphatic heterocycles. The molecule has 0 heterocycles. The second-order valence-corrected chi connectivity index (χ2v) is 3.89. The van der Waals surface area contributed by atoms with Crippen LogP contribution in [0.25, 0.3) is 11.1 Å². The van der Waals surface area contributed by atoms with Gasteiger partial charge in [-0.2, -0.15) is 0 Å². The molecule has 0 unspecified atom stereocenters. The Bertz CT molecular complexity index is 608. The van der Waals surface area contributed by atoms with E-state index in [0.29, 0.717) is 34.5 Å². The zero-order valence-electron chi connectivity index (χ0n) is 10.6. The molecule has 0 radical (unpaired) electrons. The molecule has 3 nitrogen and oxygen atoms in total. The Morgan fingerprint density at radius 3 is 2.47 bits per heavy atom. The van der Waals surface area contributed by atoms with E-state index in [1.807, 2.05) is 0 Å². The number of carbonyl (C=O) groups is 1. The SMILES string of the molecule is COc1cccc(-c2cc(F)ccc2C=O)c1OC. The molecule has 2 rings (SSSR count). The molecule has 0 N–H and O–H groups in total. The molecule has 19 heavy (non-hydrogen) atoms. The lowest BCUT2D eigenvalue weighted by molar-refractivity contribution is 0.112. The van der Waals surface area contributed by atoms with Crippen LogP contribution in [-0.4, -0.2) is 20.5 Å². The van der Waals surface area contributed by atoms with Crippen LogP contribution in [0.15, 0.2) is 36.4 Å². The fourth-order valence-corrected chi connectivity index (χ4v) is 1.96. The minimum atomic E-state index is -0.412. The van der Waals surface area contributed by atoms with E-state index in [1.165, 1.54) is 32.4 Å². The predicted molar refractivity (Wildman–Crippen MR) is 70.3 cm³/mol. The van der Waals surface area contributed by atoms with E-state index in [4.69, 9.17) is 9.47 Å². The molecule has 4 heteroatoms. The van der Waals surface area contributed by atoms with Crippen molar-refractivity contribution < 1.29 is 18.7 Å². The molecule has 0 aliphatic rings. The van der Waals surface area contributed by atoms with Crippen molar-refractivity contribution in [1.29, 1.82) is 0 Å². The molecule has 0 atom stereocenters. The van der Waals surface area contributed by atoms with Crippen molar-refractivity contribution >= 4 is 6.29 Å². The molecule has 0 saturated carbocycles. The number of rotatable bonds is 4. The number of para-hydroxylation sites is 1. The zero-order chi connectivity index (χ0) is 13.8. The number of halogens is 1. The molecule has 0 aliphatic carbocycles. The minimum absolute atomic E-state index is 0.396. The lowest BCUT2D eigenvalue weighted by Crippen LogP contribution is -1.96. The van der Waals surface area contributed by atoms with Gasteiger partial charge in [-0.25, -0.2) is 4.39 Å². The summed E-state index contributed by atoms with van der Waals surface area (Å²) in [6.45, 7) is 0. The Morgan fingerprint density at radius 1 is 1.05 bits per heavy atom. The summed E-state index contributed by atoms with van der Waals surface area (Å²) in [7, 11) is 3.02. The highest BCUT2D eigenvalue weighted by atomic mass is 19.1. The van der Waals surface area contributed by atoms with Crippen molar-refractivity contribution in [2.75, 3.05) is 14.2 Å². The van der Waals surface area contributed by atoms with E-state index in [9.17, 15) is 9.18 Å².